The van der Waals surface area contributed by atoms with Crippen LogP contribution in [0, 0.1) is 13.8 Å². The predicted octanol–water partition coefficient (Wildman–Crippen LogP) is 5.05. The number of amides is 2. The smallest absolute Gasteiger partial charge is 0.251 e. The second kappa shape index (κ2) is 10.5. The molecule has 186 valence electrons. The van der Waals surface area contributed by atoms with Crippen molar-refractivity contribution in [3.63, 3.8) is 0 Å². The minimum atomic E-state index is -0.910. The normalized spacial score (nSPS) is 11.8. The van der Waals surface area contributed by atoms with E-state index in [1.165, 1.54) is 4.90 Å². The molecule has 1 atom stereocenters. The minimum absolute atomic E-state index is 0.0821. The van der Waals surface area contributed by atoms with Crippen molar-refractivity contribution in [2.75, 3.05) is 5.32 Å². The summed E-state index contributed by atoms with van der Waals surface area (Å²) < 4.78 is 7.14. The molecule has 0 radical (unpaired) electrons. The number of carbonyl (C=O) groups excluding carboxylic acids is 2. The lowest BCUT2D eigenvalue weighted by Crippen LogP contribution is -2.42. The van der Waals surface area contributed by atoms with Gasteiger partial charge >= 0.3 is 0 Å². The van der Waals surface area contributed by atoms with E-state index in [-0.39, 0.29) is 24.9 Å². The van der Waals surface area contributed by atoms with Crippen LogP contribution in [0.3, 0.4) is 0 Å². The van der Waals surface area contributed by atoms with Crippen LogP contribution in [0.1, 0.15) is 28.5 Å². The van der Waals surface area contributed by atoms with E-state index < -0.39 is 6.04 Å². The molecule has 8 heteroatoms. The fourth-order valence-corrected chi connectivity index (χ4v) is 4.46. The summed E-state index contributed by atoms with van der Waals surface area (Å²) >= 11 is 0. The summed E-state index contributed by atoms with van der Waals surface area (Å²) in [5, 5.41) is 11.4. The number of hydrogen-bond donors (Lipinski definition) is 1. The zero-order valence-electron chi connectivity index (χ0n) is 20.7. The number of carbonyl (C=O) groups is 2. The molecule has 0 aliphatic rings. The summed E-state index contributed by atoms with van der Waals surface area (Å²) in [6.45, 7) is 3.92. The molecule has 0 spiro atoms. The molecule has 0 saturated heterocycles. The van der Waals surface area contributed by atoms with E-state index in [1.54, 1.807) is 23.1 Å². The number of nitrogens with one attached hydrogen (secondary N) is 1. The van der Waals surface area contributed by atoms with Crippen molar-refractivity contribution in [3.8, 4) is 0 Å². The molecule has 0 fully saturated rings. The second-order valence-electron chi connectivity index (χ2n) is 8.91. The predicted molar refractivity (Wildman–Crippen MR) is 141 cm³/mol. The van der Waals surface area contributed by atoms with Crippen molar-refractivity contribution in [1.82, 2.24) is 19.9 Å². The Morgan fingerprint density at radius 1 is 0.919 bits per heavy atom. The van der Waals surface area contributed by atoms with Crippen LogP contribution in [0.5, 0.6) is 0 Å². The highest BCUT2D eigenvalue weighted by Gasteiger charge is 2.33. The Labute approximate surface area is 214 Å². The van der Waals surface area contributed by atoms with Crippen molar-refractivity contribution >= 4 is 28.5 Å². The van der Waals surface area contributed by atoms with Gasteiger partial charge in [-0.3, -0.25) is 9.59 Å². The Kier molecular flexibility index (Phi) is 6.81. The number of nitrogens with zero attached hydrogens (tertiary/aromatic N) is 4. The first-order chi connectivity index (χ1) is 18.0. The summed E-state index contributed by atoms with van der Waals surface area (Å²) in [6.07, 6.45) is 1.55. The molecule has 0 aliphatic heterocycles. The van der Waals surface area contributed by atoms with Crippen molar-refractivity contribution < 1.29 is 14.0 Å². The van der Waals surface area contributed by atoms with Crippen LogP contribution in [-0.4, -0.2) is 31.7 Å². The number of anilines is 1. The minimum Gasteiger partial charge on any atom is -0.467 e. The van der Waals surface area contributed by atoms with E-state index in [0.717, 1.165) is 22.3 Å². The van der Waals surface area contributed by atoms with Gasteiger partial charge in [0, 0.05) is 5.69 Å². The van der Waals surface area contributed by atoms with E-state index in [4.69, 9.17) is 4.42 Å². The topological polar surface area (TPSA) is 93.3 Å². The van der Waals surface area contributed by atoms with Crippen LogP contribution in [0.15, 0.2) is 95.6 Å². The van der Waals surface area contributed by atoms with Gasteiger partial charge in [0.05, 0.1) is 18.3 Å². The van der Waals surface area contributed by atoms with Gasteiger partial charge in [0.15, 0.2) is 0 Å². The third kappa shape index (κ3) is 5.13. The van der Waals surface area contributed by atoms with Gasteiger partial charge in [-0.25, -0.2) is 4.68 Å². The molecule has 8 nitrogen and oxygen atoms in total. The fraction of sp³-hybridized carbons (Fsp3) is 0.172. The Morgan fingerprint density at radius 2 is 1.65 bits per heavy atom. The van der Waals surface area contributed by atoms with Gasteiger partial charge in [0.1, 0.15) is 23.9 Å². The highest BCUT2D eigenvalue weighted by Crippen LogP contribution is 2.28. The van der Waals surface area contributed by atoms with E-state index >= 15 is 0 Å². The first-order valence-electron chi connectivity index (χ1n) is 12.0. The number of benzene rings is 3. The molecule has 0 unspecified atom stereocenters. The number of aryl methyl sites for hydroxylation is 2. The summed E-state index contributed by atoms with van der Waals surface area (Å²) in [4.78, 5) is 29.4. The second-order valence-corrected chi connectivity index (χ2v) is 8.91. The molecule has 2 heterocycles. The Hall–Kier alpha value is -4.72. The quantitative estimate of drug-likeness (QED) is 0.327. The summed E-state index contributed by atoms with van der Waals surface area (Å²) in [5.41, 5.74) is 4.75. The molecule has 1 N–H and O–H groups in total. The molecule has 2 aromatic heterocycles. The third-order valence-electron chi connectivity index (χ3n) is 6.34. The number of furan rings is 1. The number of rotatable bonds is 8. The Morgan fingerprint density at radius 3 is 2.38 bits per heavy atom. The number of fused-ring (bicyclic) bond motifs is 1. The van der Waals surface area contributed by atoms with Gasteiger partial charge in [-0.05, 0) is 54.8 Å². The zero-order chi connectivity index (χ0) is 25.8. The van der Waals surface area contributed by atoms with Crippen LogP contribution in [-0.2, 0) is 22.7 Å². The van der Waals surface area contributed by atoms with Gasteiger partial charge in [-0.2, -0.15) is 0 Å². The molecular formula is C29H27N5O3. The van der Waals surface area contributed by atoms with Gasteiger partial charge < -0.3 is 14.6 Å². The van der Waals surface area contributed by atoms with Crippen molar-refractivity contribution in [3.05, 3.63) is 114 Å². The molecule has 5 aromatic rings. The van der Waals surface area contributed by atoms with Gasteiger partial charge in [-0.15, -0.1) is 5.10 Å². The van der Waals surface area contributed by atoms with Crippen LogP contribution in [0.2, 0.25) is 0 Å². The maximum absolute atomic E-state index is 13.9. The summed E-state index contributed by atoms with van der Waals surface area (Å²) in [6, 6.07) is 25.2. The number of aromatic nitrogens is 3. The number of hydrogen-bond acceptors (Lipinski definition) is 5. The lowest BCUT2D eigenvalue weighted by atomic mass is 10.0. The molecule has 37 heavy (non-hydrogen) atoms. The highest BCUT2D eigenvalue weighted by atomic mass is 16.3. The molecular weight excluding hydrogens is 466 g/mol. The molecule has 2 amide bonds. The Bertz CT molecular complexity index is 1510. The standard InChI is InChI=1S/C29H27N5O3/c1-20-10-8-11-21(2)27(20)30-29(36)28(22-12-4-3-5-13-22)33(18-23-14-9-17-37-23)26(35)19-34-25-16-7-6-15-24(25)31-32-34/h3-17,28H,18-19H2,1-2H3,(H,30,36)/t28-/m1/s1. The first kappa shape index (κ1) is 24.0. The summed E-state index contributed by atoms with van der Waals surface area (Å²) in [7, 11) is 0. The maximum atomic E-state index is 13.9. The zero-order valence-corrected chi connectivity index (χ0v) is 20.7. The number of para-hydroxylation sites is 2. The molecule has 0 saturated carbocycles. The van der Waals surface area contributed by atoms with Gasteiger partial charge in [-0.1, -0.05) is 65.9 Å². The largest absolute Gasteiger partial charge is 0.467 e. The average Bonchev–Trinajstić information content (AvgIpc) is 3.57. The van der Waals surface area contributed by atoms with E-state index in [9.17, 15) is 9.59 Å². The average molecular weight is 494 g/mol. The van der Waals surface area contributed by atoms with Crippen LogP contribution < -0.4 is 5.32 Å². The lowest BCUT2D eigenvalue weighted by Gasteiger charge is -2.31. The van der Waals surface area contributed by atoms with Gasteiger partial charge in [0.25, 0.3) is 5.91 Å². The monoisotopic (exact) mass is 493 g/mol. The van der Waals surface area contributed by atoms with E-state index in [2.05, 4.69) is 15.6 Å². The highest BCUT2D eigenvalue weighted by molar-refractivity contribution is 5.99. The lowest BCUT2D eigenvalue weighted by molar-refractivity contribution is -0.140. The van der Waals surface area contributed by atoms with Gasteiger partial charge in [0.2, 0.25) is 5.91 Å². The maximum Gasteiger partial charge on any atom is 0.251 e. The molecule has 0 aliphatic carbocycles. The van der Waals surface area contributed by atoms with Crippen LogP contribution in [0.4, 0.5) is 5.69 Å². The van der Waals surface area contributed by atoms with Crippen molar-refractivity contribution in [2.45, 2.75) is 33.0 Å². The molecule has 3 aromatic carbocycles. The third-order valence-corrected chi connectivity index (χ3v) is 6.34. The SMILES string of the molecule is Cc1cccc(C)c1NC(=O)[C@@H](c1ccccc1)N(Cc1ccco1)C(=O)Cn1nnc2ccccc21. The van der Waals surface area contributed by atoms with Crippen LogP contribution in [0.25, 0.3) is 11.0 Å². The van der Waals surface area contributed by atoms with Crippen LogP contribution >= 0.6 is 0 Å². The van der Waals surface area contributed by atoms with E-state index in [0.29, 0.717) is 16.8 Å². The fourth-order valence-electron chi connectivity index (χ4n) is 4.46. The van der Waals surface area contributed by atoms with E-state index in [1.807, 2.05) is 86.6 Å². The molecule has 0 bridgehead atoms. The molecule has 5 rings (SSSR count). The summed E-state index contributed by atoms with van der Waals surface area (Å²) in [5.74, 6) is -0.0397. The Balaban J connectivity index is 1.54. The van der Waals surface area contributed by atoms with Crippen molar-refractivity contribution in [1.29, 1.82) is 0 Å². The first-order valence-corrected chi connectivity index (χ1v) is 12.0. The van der Waals surface area contributed by atoms with Crippen molar-refractivity contribution in [2.24, 2.45) is 0 Å².